The van der Waals surface area contributed by atoms with Crippen LogP contribution in [0.2, 0.25) is 0 Å². The molecule has 2 bridgehead atoms. The molecule has 0 spiro atoms. The van der Waals surface area contributed by atoms with Crippen molar-refractivity contribution in [3.63, 3.8) is 0 Å². The van der Waals surface area contributed by atoms with Crippen molar-refractivity contribution in [2.75, 3.05) is 6.61 Å². The van der Waals surface area contributed by atoms with Gasteiger partial charge in [0.05, 0.1) is 35.6 Å². The summed E-state index contributed by atoms with van der Waals surface area (Å²) in [7, 11) is 0. The maximum absolute atomic E-state index is 15.5. The van der Waals surface area contributed by atoms with E-state index in [2.05, 4.69) is 5.32 Å². The van der Waals surface area contributed by atoms with E-state index in [1.165, 1.54) is 26.0 Å². The van der Waals surface area contributed by atoms with Crippen molar-refractivity contribution < 1.29 is 67.8 Å². The number of carbonyl (C=O) groups excluding carboxylic acids is 6. The molecule has 1 aliphatic heterocycles. The lowest BCUT2D eigenvalue weighted by Crippen LogP contribution is -2.82. The molecular weight excluding hydrogens is 815 g/mol. The molecule has 0 radical (unpaired) electrons. The fourth-order valence-corrected chi connectivity index (χ4v) is 10.3. The Balaban J connectivity index is 1.38. The summed E-state index contributed by atoms with van der Waals surface area (Å²) in [5.74, 6) is -6.84. The van der Waals surface area contributed by atoms with Gasteiger partial charge in [0.25, 0.3) is 5.91 Å². The van der Waals surface area contributed by atoms with Crippen LogP contribution in [0.25, 0.3) is 0 Å². The fraction of sp³-hybridized carbons (Fsp3) is 0.458. The Morgan fingerprint density at radius 3 is 2.02 bits per heavy atom. The van der Waals surface area contributed by atoms with Crippen LogP contribution in [0.1, 0.15) is 92.3 Å². The van der Waals surface area contributed by atoms with Gasteiger partial charge in [0, 0.05) is 37.7 Å². The molecule has 0 aromatic heterocycles. The molecule has 7 rings (SSSR count). The van der Waals surface area contributed by atoms with Crippen molar-refractivity contribution in [3.8, 4) is 0 Å². The summed E-state index contributed by atoms with van der Waals surface area (Å²) in [5, 5.41) is 40.3. The second-order valence-corrected chi connectivity index (χ2v) is 17.9. The summed E-state index contributed by atoms with van der Waals surface area (Å²) >= 11 is 0. The van der Waals surface area contributed by atoms with Crippen LogP contribution in [0.15, 0.2) is 96.1 Å². The highest BCUT2D eigenvalue weighted by Crippen LogP contribution is 2.64. The maximum Gasteiger partial charge on any atom is 0.338 e. The number of hydrogen-bond acceptors (Lipinski definition) is 14. The number of benzene rings is 3. The molecule has 15 nitrogen and oxygen atoms in total. The molecule has 1 unspecified atom stereocenters. The van der Waals surface area contributed by atoms with E-state index in [4.69, 9.17) is 23.7 Å². The van der Waals surface area contributed by atoms with Crippen LogP contribution in [0.3, 0.4) is 0 Å². The first kappa shape index (κ1) is 45.3. The molecule has 3 aromatic rings. The Labute approximate surface area is 364 Å². The van der Waals surface area contributed by atoms with E-state index in [9.17, 15) is 39.3 Å². The number of nitrogens with one attached hydrogen (secondary N) is 1. The highest BCUT2D eigenvalue weighted by Gasteiger charge is 2.78. The van der Waals surface area contributed by atoms with Crippen molar-refractivity contribution in [1.82, 2.24) is 5.32 Å². The minimum Gasteiger partial charge on any atom is -0.456 e. The molecule has 11 atom stereocenters. The van der Waals surface area contributed by atoms with Gasteiger partial charge in [-0.05, 0) is 61.7 Å². The first-order valence-corrected chi connectivity index (χ1v) is 20.9. The highest BCUT2D eigenvalue weighted by atomic mass is 16.6. The van der Waals surface area contributed by atoms with Crippen molar-refractivity contribution in [2.24, 2.45) is 16.7 Å². The molecule has 4 aliphatic rings. The van der Waals surface area contributed by atoms with E-state index in [0.717, 1.165) is 19.4 Å². The first-order chi connectivity index (χ1) is 29.7. The molecule has 334 valence electrons. The molecule has 2 saturated carbocycles. The third-order valence-electron chi connectivity index (χ3n) is 13.8. The van der Waals surface area contributed by atoms with E-state index < -0.39 is 113 Å². The zero-order valence-electron chi connectivity index (χ0n) is 36.2. The summed E-state index contributed by atoms with van der Waals surface area (Å²) in [6, 6.07) is 21.5. The van der Waals surface area contributed by atoms with Crippen LogP contribution in [0.4, 0.5) is 0 Å². The largest absolute Gasteiger partial charge is 0.456 e. The van der Waals surface area contributed by atoms with Crippen LogP contribution in [-0.4, -0.2) is 105 Å². The number of Topliss-reactive ketones (excluding diaryl/α,β-unsaturated/α-hetero) is 1. The highest BCUT2D eigenvalue weighted by molar-refractivity contribution is 5.96. The summed E-state index contributed by atoms with van der Waals surface area (Å²) in [6.45, 7) is 9.84. The topological polar surface area (TPSA) is 221 Å². The lowest BCUT2D eigenvalue weighted by atomic mass is 9.44. The quantitative estimate of drug-likeness (QED) is 0.128. The summed E-state index contributed by atoms with van der Waals surface area (Å²) < 4.78 is 30.3. The number of amides is 1. The summed E-state index contributed by atoms with van der Waals surface area (Å²) in [6.07, 6.45) is -10.5. The normalized spacial score (nSPS) is 31.6. The predicted molar refractivity (Wildman–Crippen MR) is 222 cm³/mol. The van der Waals surface area contributed by atoms with Crippen LogP contribution >= 0.6 is 0 Å². The van der Waals surface area contributed by atoms with E-state index in [0.29, 0.717) is 5.56 Å². The third-order valence-corrected chi connectivity index (χ3v) is 13.8. The van der Waals surface area contributed by atoms with Crippen molar-refractivity contribution in [2.45, 2.75) is 115 Å². The second-order valence-electron chi connectivity index (χ2n) is 17.9. The molecule has 1 heterocycles. The van der Waals surface area contributed by atoms with Gasteiger partial charge in [0.2, 0.25) is 0 Å². The van der Waals surface area contributed by atoms with Gasteiger partial charge in [-0.15, -0.1) is 0 Å². The first-order valence-electron chi connectivity index (χ1n) is 20.9. The van der Waals surface area contributed by atoms with Crippen LogP contribution in [0, 0.1) is 23.7 Å². The van der Waals surface area contributed by atoms with Crippen molar-refractivity contribution in [3.05, 3.63) is 118 Å². The summed E-state index contributed by atoms with van der Waals surface area (Å²) in [5.41, 5.74) is -6.10. The van der Waals surface area contributed by atoms with E-state index >= 15 is 4.79 Å². The van der Waals surface area contributed by atoms with E-state index in [-0.39, 0.29) is 35.3 Å². The van der Waals surface area contributed by atoms with E-state index in [1.807, 2.05) is 6.92 Å². The molecule has 3 fully saturated rings. The average molecular weight is 868 g/mol. The number of rotatable bonds is 10. The number of hydrogen-bond donors (Lipinski definition) is 4. The average Bonchev–Trinajstić information content (AvgIpc) is 3.24. The number of ketones is 1. The Kier molecular flexibility index (Phi) is 12.0. The van der Waals surface area contributed by atoms with Gasteiger partial charge in [-0.1, -0.05) is 80.1 Å². The minimum absolute atomic E-state index is 0.00261. The monoisotopic (exact) mass is 867 g/mol. The minimum atomic E-state index is -2.39. The van der Waals surface area contributed by atoms with Crippen molar-refractivity contribution >= 4 is 35.6 Å². The Morgan fingerprint density at radius 1 is 0.825 bits per heavy atom. The zero-order chi connectivity index (χ0) is 45.8. The molecule has 15 heteroatoms. The smallest absolute Gasteiger partial charge is 0.338 e. The van der Waals surface area contributed by atoms with Crippen LogP contribution < -0.4 is 5.32 Å². The number of aryl methyl sites for hydroxylation is 1. The number of ether oxygens (including phenoxy) is 5. The molecule has 1 saturated heterocycles. The standard InChI is InChI=1S/C48H53NO14/c1-25-18-20-30(21-19-25)42(55)49-36(29-14-10-8-11-15-29)37(53)44(57)61-32-23-48(58)41(62-43(56)31-16-12-9-13-17-31)39-46(7,33(52)22-34-47(39,24-59-34)63-28(4)51)40(54)38(60-27(3)50)35(26(32)2)45(48,5)6/h8-21,32-34,36-39,41,52-53,58H,22-24H2,1-7H3,(H,49,55)/t32-,33-,34?,36+,37+,38+,39-,41-,46+,47-,48+/m0/s1. The van der Waals surface area contributed by atoms with Gasteiger partial charge >= 0.3 is 23.9 Å². The van der Waals surface area contributed by atoms with Crippen LogP contribution in [-0.2, 0) is 42.9 Å². The van der Waals surface area contributed by atoms with Gasteiger partial charge in [-0.25, -0.2) is 9.59 Å². The lowest BCUT2D eigenvalue weighted by molar-refractivity contribution is -0.346. The summed E-state index contributed by atoms with van der Waals surface area (Å²) in [4.78, 5) is 83.7. The lowest BCUT2D eigenvalue weighted by Gasteiger charge is -2.67. The number of esters is 4. The van der Waals surface area contributed by atoms with Gasteiger partial charge in [0.1, 0.15) is 23.9 Å². The number of carbonyl (C=O) groups is 6. The second kappa shape index (κ2) is 16.8. The molecular formula is C48H53NO14. The molecule has 3 aliphatic carbocycles. The van der Waals surface area contributed by atoms with Gasteiger partial charge < -0.3 is 44.3 Å². The number of aliphatic hydroxyl groups excluding tert-OH is 2. The Morgan fingerprint density at radius 2 is 1.44 bits per heavy atom. The fourth-order valence-electron chi connectivity index (χ4n) is 10.3. The third kappa shape index (κ3) is 7.64. The van der Waals surface area contributed by atoms with Crippen molar-refractivity contribution in [1.29, 1.82) is 0 Å². The number of aliphatic hydroxyl groups is 3. The Hall–Kier alpha value is -5.74. The molecule has 3 aromatic carbocycles. The molecule has 1 amide bonds. The molecule has 4 N–H and O–H groups in total. The van der Waals surface area contributed by atoms with Crippen LogP contribution in [0.5, 0.6) is 0 Å². The maximum atomic E-state index is 15.5. The van der Waals surface area contributed by atoms with Gasteiger partial charge in [-0.2, -0.15) is 0 Å². The zero-order valence-corrected chi connectivity index (χ0v) is 36.2. The SMILES string of the molecule is CC(=O)O[C@H]1C(=O)[C@]2(C)[C@@H](O)CC3OC[C@@]3(OC(C)=O)[C@H]2[C@H](OC(=O)c2ccccc2)[C@]2(O)C[C@H](OC(=O)[C@H](O)[C@H](NC(=O)c3ccc(C)cc3)c3ccccc3)C(C)=C1C2(C)C. The number of fused-ring (bicyclic) bond motifs is 5. The Bertz CT molecular complexity index is 2330. The predicted octanol–water partition coefficient (Wildman–Crippen LogP) is 4.04. The van der Waals surface area contributed by atoms with Gasteiger partial charge in [0.15, 0.2) is 23.6 Å². The van der Waals surface area contributed by atoms with Gasteiger partial charge in [-0.3, -0.25) is 19.2 Å². The van der Waals surface area contributed by atoms with E-state index in [1.54, 1.807) is 86.6 Å². The molecule has 63 heavy (non-hydrogen) atoms.